The van der Waals surface area contributed by atoms with E-state index < -0.39 is 5.92 Å². The molecule has 2 N–H and O–H groups in total. The van der Waals surface area contributed by atoms with Gasteiger partial charge < -0.3 is 10.4 Å². The van der Waals surface area contributed by atoms with E-state index in [1.165, 1.54) is 0 Å². The molecule has 0 bridgehead atoms. The van der Waals surface area contributed by atoms with Crippen molar-refractivity contribution in [2.45, 2.75) is 5.92 Å². The quantitative estimate of drug-likeness (QED) is 0.712. The molecule has 0 aliphatic carbocycles. The van der Waals surface area contributed by atoms with Crippen molar-refractivity contribution in [3.63, 3.8) is 0 Å². The zero-order valence-corrected chi connectivity index (χ0v) is 11.2. The van der Waals surface area contributed by atoms with Gasteiger partial charge in [0, 0.05) is 16.8 Å². The second kappa shape index (κ2) is 4.35. The second-order valence-corrected chi connectivity index (χ2v) is 5.23. The maximum absolute atomic E-state index is 12.4. The van der Waals surface area contributed by atoms with Gasteiger partial charge in [0.15, 0.2) is 0 Å². The normalized spacial score (nSPS) is 16.8. The van der Waals surface area contributed by atoms with E-state index >= 15 is 0 Å². The molecule has 1 unspecified atom stereocenters. The Morgan fingerprint density at radius 2 is 1.67 bits per heavy atom. The van der Waals surface area contributed by atoms with Gasteiger partial charge in [-0.3, -0.25) is 4.79 Å². The van der Waals surface area contributed by atoms with Crippen LogP contribution >= 0.6 is 0 Å². The van der Waals surface area contributed by atoms with Gasteiger partial charge in [0.1, 0.15) is 5.75 Å². The van der Waals surface area contributed by atoms with Gasteiger partial charge >= 0.3 is 0 Å². The third-order valence-corrected chi connectivity index (χ3v) is 4.03. The van der Waals surface area contributed by atoms with Crippen LogP contribution in [0.3, 0.4) is 0 Å². The first-order valence-corrected chi connectivity index (χ1v) is 6.86. The molecule has 3 aromatic carbocycles. The molecule has 3 nitrogen and oxygen atoms in total. The smallest absolute Gasteiger partial charge is 0.236 e. The van der Waals surface area contributed by atoms with E-state index in [1.54, 1.807) is 18.2 Å². The SMILES string of the molecule is O=C1Nc2ccc3ccccc3c2C1c1ccccc1O. The summed E-state index contributed by atoms with van der Waals surface area (Å²) in [5, 5.41) is 15.2. The van der Waals surface area contributed by atoms with Crippen LogP contribution in [0.25, 0.3) is 10.8 Å². The highest BCUT2D eigenvalue weighted by Gasteiger charge is 2.34. The van der Waals surface area contributed by atoms with Gasteiger partial charge in [-0.15, -0.1) is 0 Å². The first kappa shape index (κ1) is 12.0. The number of rotatable bonds is 1. The summed E-state index contributed by atoms with van der Waals surface area (Å²) in [6.45, 7) is 0. The van der Waals surface area contributed by atoms with Gasteiger partial charge in [-0.1, -0.05) is 48.5 Å². The largest absolute Gasteiger partial charge is 0.508 e. The number of benzene rings is 3. The molecule has 1 amide bonds. The van der Waals surface area contributed by atoms with Gasteiger partial charge in [-0.25, -0.2) is 0 Å². The number of nitrogens with one attached hydrogen (secondary N) is 1. The second-order valence-electron chi connectivity index (χ2n) is 5.23. The summed E-state index contributed by atoms with van der Waals surface area (Å²) in [5.74, 6) is -0.409. The lowest BCUT2D eigenvalue weighted by molar-refractivity contribution is -0.116. The Hall–Kier alpha value is -2.81. The first-order chi connectivity index (χ1) is 10.3. The minimum absolute atomic E-state index is 0.0946. The Kier molecular flexibility index (Phi) is 2.48. The standard InChI is InChI=1S/C18H13NO2/c20-15-8-4-3-7-13(15)17-16-12-6-2-1-5-11(12)9-10-14(16)19-18(17)21/h1-10,17,20H,(H,19,21). The van der Waals surface area contributed by atoms with E-state index in [1.807, 2.05) is 42.5 Å². The number of carbonyl (C=O) groups is 1. The van der Waals surface area contributed by atoms with Crippen molar-refractivity contribution in [3.8, 4) is 5.75 Å². The average Bonchev–Trinajstić information content (AvgIpc) is 2.84. The number of anilines is 1. The summed E-state index contributed by atoms with van der Waals surface area (Å²) < 4.78 is 0. The molecule has 0 saturated carbocycles. The molecule has 0 fully saturated rings. The molecular formula is C18H13NO2. The lowest BCUT2D eigenvalue weighted by Crippen LogP contribution is -2.13. The maximum Gasteiger partial charge on any atom is 0.236 e. The van der Waals surface area contributed by atoms with Gasteiger partial charge in [0.2, 0.25) is 5.91 Å². The highest BCUT2D eigenvalue weighted by molar-refractivity contribution is 6.10. The number of para-hydroxylation sites is 1. The molecule has 0 spiro atoms. The number of fused-ring (bicyclic) bond motifs is 3. The molecule has 102 valence electrons. The lowest BCUT2D eigenvalue weighted by Gasteiger charge is -2.13. The van der Waals surface area contributed by atoms with Gasteiger partial charge in [-0.05, 0) is 22.9 Å². The fourth-order valence-electron chi connectivity index (χ4n) is 3.08. The molecule has 0 radical (unpaired) electrons. The van der Waals surface area contributed by atoms with Crippen LogP contribution in [0, 0.1) is 0 Å². The van der Waals surface area contributed by atoms with E-state index in [2.05, 4.69) is 5.32 Å². The van der Waals surface area contributed by atoms with Crippen molar-refractivity contribution < 1.29 is 9.90 Å². The Morgan fingerprint density at radius 3 is 2.52 bits per heavy atom. The number of phenolic OH excluding ortho intramolecular Hbond substituents is 1. The Balaban J connectivity index is 2.03. The summed E-state index contributed by atoms with van der Waals surface area (Å²) >= 11 is 0. The fraction of sp³-hybridized carbons (Fsp3) is 0.0556. The van der Waals surface area contributed by atoms with E-state index in [4.69, 9.17) is 0 Å². The average molecular weight is 275 g/mol. The van der Waals surface area contributed by atoms with Crippen molar-refractivity contribution in [2.75, 3.05) is 5.32 Å². The summed E-state index contributed by atoms with van der Waals surface area (Å²) in [5.41, 5.74) is 2.41. The van der Waals surface area contributed by atoms with Gasteiger partial charge in [0.25, 0.3) is 0 Å². The molecule has 1 heterocycles. The van der Waals surface area contributed by atoms with Crippen LogP contribution in [-0.4, -0.2) is 11.0 Å². The summed E-state index contributed by atoms with van der Waals surface area (Å²) in [7, 11) is 0. The van der Waals surface area contributed by atoms with Crippen molar-refractivity contribution in [1.82, 2.24) is 0 Å². The van der Waals surface area contributed by atoms with Crippen LogP contribution in [0.1, 0.15) is 17.0 Å². The highest BCUT2D eigenvalue weighted by Crippen LogP contribution is 2.43. The van der Waals surface area contributed by atoms with Crippen LogP contribution in [0.2, 0.25) is 0 Å². The molecule has 1 aliphatic rings. The zero-order valence-electron chi connectivity index (χ0n) is 11.2. The molecule has 21 heavy (non-hydrogen) atoms. The minimum Gasteiger partial charge on any atom is -0.508 e. The van der Waals surface area contributed by atoms with Gasteiger partial charge in [-0.2, -0.15) is 0 Å². The molecule has 0 saturated heterocycles. The number of amides is 1. The Morgan fingerprint density at radius 1 is 0.905 bits per heavy atom. The number of hydrogen-bond acceptors (Lipinski definition) is 2. The fourth-order valence-corrected chi connectivity index (χ4v) is 3.08. The summed E-state index contributed by atoms with van der Waals surface area (Å²) in [4.78, 5) is 12.4. The van der Waals surface area contributed by atoms with Crippen molar-refractivity contribution in [2.24, 2.45) is 0 Å². The van der Waals surface area contributed by atoms with E-state index in [-0.39, 0.29) is 11.7 Å². The van der Waals surface area contributed by atoms with E-state index in [9.17, 15) is 9.90 Å². The van der Waals surface area contributed by atoms with Crippen LogP contribution in [0.15, 0.2) is 60.7 Å². The van der Waals surface area contributed by atoms with Gasteiger partial charge in [0.05, 0.1) is 5.92 Å². The predicted octanol–water partition coefficient (Wildman–Crippen LogP) is 3.63. The Bertz CT molecular complexity index is 870. The lowest BCUT2D eigenvalue weighted by atomic mass is 9.88. The van der Waals surface area contributed by atoms with Crippen molar-refractivity contribution >= 4 is 22.4 Å². The number of aromatic hydroxyl groups is 1. The number of carbonyl (C=O) groups excluding carboxylic acids is 1. The maximum atomic E-state index is 12.4. The van der Waals surface area contributed by atoms with Crippen LogP contribution < -0.4 is 5.32 Å². The number of hydrogen-bond donors (Lipinski definition) is 2. The molecule has 3 aromatic rings. The highest BCUT2D eigenvalue weighted by atomic mass is 16.3. The summed E-state index contributed by atoms with van der Waals surface area (Å²) in [6, 6.07) is 18.9. The van der Waals surface area contributed by atoms with Crippen molar-refractivity contribution in [3.05, 3.63) is 71.8 Å². The van der Waals surface area contributed by atoms with Crippen LogP contribution in [0.5, 0.6) is 5.75 Å². The number of phenols is 1. The predicted molar refractivity (Wildman–Crippen MR) is 82.5 cm³/mol. The molecule has 1 aliphatic heterocycles. The first-order valence-electron chi connectivity index (χ1n) is 6.86. The topological polar surface area (TPSA) is 49.3 Å². The minimum atomic E-state index is -0.465. The van der Waals surface area contributed by atoms with E-state index in [0.717, 1.165) is 22.0 Å². The molecule has 3 heteroatoms. The third-order valence-electron chi connectivity index (χ3n) is 4.03. The third kappa shape index (κ3) is 1.71. The zero-order chi connectivity index (χ0) is 14.4. The van der Waals surface area contributed by atoms with Crippen molar-refractivity contribution in [1.29, 1.82) is 0 Å². The monoisotopic (exact) mass is 275 g/mol. The Labute approximate surface area is 121 Å². The molecular weight excluding hydrogens is 262 g/mol. The summed E-state index contributed by atoms with van der Waals surface area (Å²) in [6.07, 6.45) is 0. The van der Waals surface area contributed by atoms with Crippen LogP contribution in [0.4, 0.5) is 5.69 Å². The van der Waals surface area contributed by atoms with Crippen LogP contribution in [-0.2, 0) is 4.79 Å². The molecule has 1 atom stereocenters. The molecule has 0 aromatic heterocycles. The molecule has 4 rings (SSSR count). The van der Waals surface area contributed by atoms with E-state index in [0.29, 0.717) is 5.56 Å².